The standard InChI is InChI=1S/C19H19F2N5O2/c1-25(12-15-7-9-16(10-8-15)28-19(20)21)18(27)17(26-13-22-23-24-26)11-14-5-3-2-4-6-14/h2-10,13,17,19H,11-12H2,1H3. The fraction of sp³-hybridized carbons (Fsp3) is 0.263. The van der Waals surface area contributed by atoms with Crippen LogP contribution in [-0.2, 0) is 17.8 Å². The number of tetrazole rings is 1. The molecule has 28 heavy (non-hydrogen) atoms. The second-order valence-corrected chi connectivity index (χ2v) is 6.21. The van der Waals surface area contributed by atoms with Gasteiger partial charge in [0, 0.05) is 20.0 Å². The molecule has 9 heteroatoms. The van der Waals surface area contributed by atoms with Gasteiger partial charge in [-0.25, -0.2) is 4.68 Å². The van der Waals surface area contributed by atoms with E-state index in [1.807, 2.05) is 30.3 Å². The Hall–Kier alpha value is -3.36. The van der Waals surface area contributed by atoms with Crippen LogP contribution in [0.15, 0.2) is 60.9 Å². The zero-order valence-corrected chi connectivity index (χ0v) is 15.2. The Balaban J connectivity index is 1.71. The van der Waals surface area contributed by atoms with Crippen LogP contribution in [0.2, 0.25) is 0 Å². The predicted molar refractivity (Wildman–Crippen MR) is 96.5 cm³/mol. The van der Waals surface area contributed by atoms with Crippen molar-refractivity contribution in [1.29, 1.82) is 0 Å². The predicted octanol–water partition coefficient (Wildman–Crippen LogP) is 2.72. The molecule has 1 amide bonds. The maximum Gasteiger partial charge on any atom is 0.387 e. The molecule has 0 fully saturated rings. The number of carbonyl (C=O) groups is 1. The Morgan fingerprint density at radius 1 is 1.11 bits per heavy atom. The molecule has 2 aromatic carbocycles. The number of hydrogen-bond acceptors (Lipinski definition) is 5. The first-order valence-corrected chi connectivity index (χ1v) is 8.58. The fourth-order valence-electron chi connectivity index (χ4n) is 2.83. The van der Waals surface area contributed by atoms with E-state index in [4.69, 9.17) is 0 Å². The third kappa shape index (κ3) is 5.09. The molecule has 3 rings (SSSR count). The third-order valence-corrected chi connectivity index (χ3v) is 4.19. The minimum Gasteiger partial charge on any atom is -0.435 e. The van der Waals surface area contributed by atoms with Crippen molar-refractivity contribution in [2.24, 2.45) is 0 Å². The Kier molecular flexibility index (Phi) is 6.25. The van der Waals surface area contributed by atoms with E-state index in [9.17, 15) is 13.6 Å². The van der Waals surface area contributed by atoms with Crippen molar-refractivity contribution in [3.05, 3.63) is 72.1 Å². The highest BCUT2D eigenvalue weighted by Crippen LogP contribution is 2.19. The highest BCUT2D eigenvalue weighted by atomic mass is 19.3. The summed E-state index contributed by atoms with van der Waals surface area (Å²) in [5.74, 6) is -0.0903. The zero-order chi connectivity index (χ0) is 19.9. The lowest BCUT2D eigenvalue weighted by molar-refractivity contribution is -0.134. The molecule has 0 aliphatic carbocycles. The molecule has 7 nitrogen and oxygen atoms in total. The van der Waals surface area contributed by atoms with Gasteiger partial charge in [0.2, 0.25) is 5.91 Å². The molecule has 0 saturated carbocycles. The van der Waals surface area contributed by atoms with Gasteiger partial charge in [-0.2, -0.15) is 8.78 Å². The number of nitrogens with zero attached hydrogens (tertiary/aromatic N) is 5. The second kappa shape index (κ2) is 9.03. The SMILES string of the molecule is CN(Cc1ccc(OC(F)F)cc1)C(=O)C(Cc1ccccc1)n1cnnn1. The van der Waals surface area contributed by atoms with Crippen LogP contribution in [0, 0.1) is 0 Å². The molecule has 1 aromatic heterocycles. The molecule has 0 aliphatic rings. The van der Waals surface area contributed by atoms with Gasteiger partial charge in [0.05, 0.1) is 0 Å². The number of ether oxygens (including phenoxy) is 1. The van der Waals surface area contributed by atoms with Gasteiger partial charge in [-0.1, -0.05) is 42.5 Å². The molecule has 146 valence electrons. The van der Waals surface area contributed by atoms with E-state index in [0.717, 1.165) is 11.1 Å². The first-order valence-electron chi connectivity index (χ1n) is 8.58. The highest BCUT2D eigenvalue weighted by Gasteiger charge is 2.25. The molecule has 0 aliphatic heterocycles. The summed E-state index contributed by atoms with van der Waals surface area (Å²) in [4.78, 5) is 14.6. The van der Waals surface area contributed by atoms with Crippen LogP contribution in [0.25, 0.3) is 0 Å². The first kappa shape index (κ1) is 19.4. The number of amides is 1. The van der Waals surface area contributed by atoms with Gasteiger partial charge in [0.1, 0.15) is 18.1 Å². The number of benzene rings is 2. The average molecular weight is 387 g/mol. The van der Waals surface area contributed by atoms with Gasteiger partial charge in [-0.05, 0) is 33.7 Å². The first-order chi connectivity index (χ1) is 13.5. The van der Waals surface area contributed by atoms with Gasteiger partial charge in [-0.15, -0.1) is 5.10 Å². The van der Waals surface area contributed by atoms with Gasteiger partial charge in [-0.3, -0.25) is 4.79 Å². The summed E-state index contributed by atoms with van der Waals surface area (Å²) in [6.07, 6.45) is 1.85. The number of alkyl halides is 2. The molecule has 0 spiro atoms. The van der Waals surface area contributed by atoms with Gasteiger partial charge < -0.3 is 9.64 Å². The summed E-state index contributed by atoms with van der Waals surface area (Å²) in [6, 6.07) is 15.2. The van der Waals surface area contributed by atoms with Gasteiger partial charge >= 0.3 is 6.61 Å². The van der Waals surface area contributed by atoms with E-state index in [2.05, 4.69) is 20.3 Å². The van der Waals surface area contributed by atoms with Crippen molar-refractivity contribution >= 4 is 5.91 Å². The molecule has 0 N–H and O–H groups in total. The maximum atomic E-state index is 13.0. The minimum absolute atomic E-state index is 0.0726. The van der Waals surface area contributed by atoms with Crippen molar-refractivity contribution in [2.45, 2.75) is 25.6 Å². The number of hydrogen-bond donors (Lipinski definition) is 0. The maximum absolute atomic E-state index is 13.0. The summed E-state index contributed by atoms with van der Waals surface area (Å²) in [5.41, 5.74) is 1.77. The van der Waals surface area contributed by atoms with Crippen molar-refractivity contribution in [3.63, 3.8) is 0 Å². The summed E-state index contributed by atoms with van der Waals surface area (Å²) in [5, 5.41) is 11.1. The lowest BCUT2D eigenvalue weighted by Crippen LogP contribution is -2.35. The van der Waals surface area contributed by atoms with Crippen molar-refractivity contribution in [3.8, 4) is 5.75 Å². The molecule has 1 heterocycles. The second-order valence-electron chi connectivity index (χ2n) is 6.21. The van der Waals surface area contributed by atoms with Crippen LogP contribution >= 0.6 is 0 Å². The summed E-state index contributed by atoms with van der Waals surface area (Å²) >= 11 is 0. The fourth-order valence-corrected chi connectivity index (χ4v) is 2.83. The summed E-state index contributed by atoms with van der Waals surface area (Å²) in [7, 11) is 1.67. The zero-order valence-electron chi connectivity index (χ0n) is 15.2. The normalized spacial score (nSPS) is 12.0. The van der Waals surface area contributed by atoms with E-state index in [1.165, 1.54) is 23.1 Å². The third-order valence-electron chi connectivity index (χ3n) is 4.19. The highest BCUT2D eigenvalue weighted by molar-refractivity contribution is 5.80. The van der Waals surface area contributed by atoms with E-state index in [0.29, 0.717) is 13.0 Å². The number of rotatable bonds is 8. The van der Waals surface area contributed by atoms with Crippen molar-refractivity contribution < 1.29 is 18.3 Å². The number of aromatic nitrogens is 4. The number of halogens is 2. The van der Waals surface area contributed by atoms with E-state index >= 15 is 0 Å². The molecule has 3 aromatic rings. The van der Waals surface area contributed by atoms with Crippen LogP contribution in [0.1, 0.15) is 17.2 Å². The Morgan fingerprint density at radius 2 is 1.82 bits per heavy atom. The van der Waals surface area contributed by atoms with E-state index < -0.39 is 12.7 Å². The van der Waals surface area contributed by atoms with Crippen LogP contribution in [0.3, 0.4) is 0 Å². The molecular formula is C19H19F2N5O2. The lowest BCUT2D eigenvalue weighted by Gasteiger charge is -2.24. The van der Waals surface area contributed by atoms with Crippen LogP contribution in [0.4, 0.5) is 8.78 Å². The lowest BCUT2D eigenvalue weighted by atomic mass is 10.0. The molecule has 0 bridgehead atoms. The Bertz CT molecular complexity index is 873. The Morgan fingerprint density at radius 3 is 2.43 bits per heavy atom. The number of likely N-dealkylation sites (N-methyl/N-ethyl adjacent to an activating group) is 1. The van der Waals surface area contributed by atoms with Crippen LogP contribution < -0.4 is 4.74 Å². The summed E-state index contributed by atoms with van der Waals surface area (Å²) in [6.45, 7) is -2.56. The Labute approximate surface area is 160 Å². The van der Waals surface area contributed by atoms with Gasteiger partial charge in [0.25, 0.3) is 0 Å². The molecular weight excluding hydrogens is 368 g/mol. The van der Waals surface area contributed by atoms with Crippen LogP contribution in [-0.4, -0.2) is 44.7 Å². The molecule has 0 radical (unpaired) electrons. The van der Waals surface area contributed by atoms with Gasteiger partial charge in [0.15, 0.2) is 0 Å². The molecule has 0 saturated heterocycles. The molecule has 1 atom stereocenters. The minimum atomic E-state index is -2.87. The monoisotopic (exact) mass is 387 g/mol. The largest absolute Gasteiger partial charge is 0.435 e. The molecule has 1 unspecified atom stereocenters. The smallest absolute Gasteiger partial charge is 0.387 e. The van der Waals surface area contributed by atoms with Crippen molar-refractivity contribution in [1.82, 2.24) is 25.1 Å². The van der Waals surface area contributed by atoms with E-state index in [1.54, 1.807) is 24.1 Å². The average Bonchev–Trinajstić information content (AvgIpc) is 3.22. The number of carbonyl (C=O) groups excluding carboxylic acids is 1. The van der Waals surface area contributed by atoms with Crippen LogP contribution in [0.5, 0.6) is 5.75 Å². The topological polar surface area (TPSA) is 73.1 Å². The summed E-state index contributed by atoms with van der Waals surface area (Å²) < 4.78 is 30.3. The van der Waals surface area contributed by atoms with E-state index in [-0.39, 0.29) is 11.7 Å². The van der Waals surface area contributed by atoms with Crippen molar-refractivity contribution in [2.75, 3.05) is 7.05 Å². The quantitative estimate of drug-likeness (QED) is 0.594.